The Morgan fingerprint density at radius 2 is 2.07 bits per heavy atom. The minimum absolute atomic E-state index is 0.0724. The number of morpholine rings is 1. The standard InChI is InChI=1S/C20H27N3O3S/c1-25-16-8-7-15(23-9-11-26-12-10-23)18-17(16)22-20(27-18)19(24)21-13-14-5-3-2-4-6-14/h7-8,14H,2-6,9-13H2,1H3,(H,21,24). The van der Waals surface area contributed by atoms with Crippen LogP contribution in [0.5, 0.6) is 5.75 Å². The van der Waals surface area contributed by atoms with Crippen molar-refractivity contribution >= 4 is 33.1 Å². The maximum absolute atomic E-state index is 12.7. The number of aromatic nitrogens is 1. The molecule has 1 aliphatic heterocycles. The van der Waals surface area contributed by atoms with Gasteiger partial charge in [0, 0.05) is 19.6 Å². The summed E-state index contributed by atoms with van der Waals surface area (Å²) in [5.41, 5.74) is 1.88. The Bertz CT molecular complexity index is 795. The largest absolute Gasteiger partial charge is 0.494 e. The van der Waals surface area contributed by atoms with Gasteiger partial charge in [0.25, 0.3) is 5.91 Å². The second-order valence-corrected chi connectivity index (χ2v) is 8.30. The number of carbonyl (C=O) groups is 1. The van der Waals surface area contributed by atoms with Crippen LogP contribution in [0.15, 0.2) is 12.1 Å². The number of benzene rings is 1. The van der Waals surface area contributed by atoms with E-state index in [4.69, 9.17) is 9.47 Å². The van der Waals surface area contributed by atoms with Gasteiger partial charge < -0.3 is 19.7 Å². The van der Waals surface area contributed by atoms with E-state index in [-0.39, 0.29) is 5.91 Å². The smallest absolute Gasteiger partial charge is 0.280 e. The fourth-order valence-electron chi connectivity index (χ4n) is 3.99. The number of anilines is 1. The summed E-state index contributed by atoms with van der Waals surface area (Å²) in [4.78, 5) is 19.6. The van der Waals surface area contributed by atoms with Gasteiger partial charge in [-0.2, -0.15) is 0 Å². The van der Waals surface area contributed by atoms with Gasteiger partial charge in [0.2, 0.25) is 0 Å². The van der Waals surface area contributed by atoms with Crippen LogP contribution in [0.4, 0.5) is 5.69 Å². The lowest BCUT2D eigenvalue weighted by Gasteiger charge is -2.29. The molecule has 4 rings (SSSR count). The van der Waals surface area contributed by atoms with Crippen molar-refractivity contribution in [1.29, 1.82) is 0 Å². The fraction of sp³-hybridized carbons (Fsp3) is 0.600. The number of fused-ring (bicyclic) bond motifs is 1. The Labute approximate surface area is 163 Å². The van der Waals surface area contributed by atoms with E-state index in [0.29, 0.717) is 16.7 Å². The molecule has 1 aromatic heterocycles. The molecule has 146 valence electrons. The van der Waals surface area contributed by atoms with Gasteiger partial charge in [-0.05, 0) is 30.9 Å². The van der Waals surface area contributed by atoms with Gasteiger partial charge in [-0.3, -0.25) is 4.79 Å². The summed E-state index contributed by atoms with van der Waals surface area (Å²) in [5.74, 6) is 1.25. The molecule has 7 heteroatoms. The minimum Gasteiger partial charge on any atom is -0.494 e. The molecule has 1 aromatic carbocycles. The topological polar surface area (TPSA) is 63.7 Å². The molecule has 1 amide bonds. The first-order valence-corrected chi connectivity index (χ1v) is 10.7. The van der Waals surface area contributed by atoms with Crippen molar-refractivity contribution in [2.24, 2.45) is 5.92 Å². The number of nitrogens with one attached hydrogen (secondary N) is 1. The van der Waals surface area contributed by atoms with Crippen molar-refractivity contribution in [3.05, 3.63) is 17.1 Å². The minimum atomic E-state index is -0.0724. The molecule has 6 nitrogen and oxygen atoms in total. The third-order valence-corrected chi connectivity index (χ3v) is 6.60. The van der Waals surface area contributed by atoms with E-state index in [1.807, 2.05) is 6.07 Å². The second kappa shape index (κ2) is 8.44. The van der Waals surface area contributed by atoms with E-state index in [9.17, 15) is 4.79 Å². The summed E-state index contributed by atoms with van der Waals surface area (Å²) < 4.78 is 12.0. The molecule has 0 bridgehead atoms. The molecule has 0 unspecified atom stereocenters. The number of hydrogen-bond acceptors (Lipinski definition) is 6. The van der Waals surface area contributed by atoms with Crippen LogP contribution in [0.1, 0.15) is 41.9 Å². The van der Waals surface area contributed by atoms with Crippen LogP contribution in [0.25, 0.3) is 10.2 Å². The van der Waals surface area contributed by atoms with Crippen LogP contribution in [-0.4, -0.2) is 50.8 Å². The Morgan fingerprint density at radius 1 is 1.30 bits per heavy atom. The van der Waals surface area contributed by atoms with Crippen LogP contribution < -0.4 is 15.0 Å². The highest BCUT2D eigenvalue weighted by Gasteiger charge is 2.22. The first kappa shape index (κ1) is 18.5. The second-order valence-electron chi connectivity index (χ2n) is 7.30. The van der Waals surface area contributed by atoms with E-state index in [1.54, 1.807) is 7.11 Å². The summed E-state index contributed by atoms with van der Waals surface area (Å²) in [5, 5.41) is 3.61. The molecule has 2 fully saturated rings. The van der Waals surface area contributed by atoms with Gasteiger partial charge >= 0.3 is 0 Å². The number of hydrogen-bond donors (Lipinski definition) is 1. The van der Waals surface area contributed by atoms with Gasteiger partial charge in [-0.15, -0.1) is 11.3 Å². The van der Waals surface area contributed by atoms with E-state index < -0.39 is 0 Å². The lowest BCUT2D eigenvalue weighted by Crippen LogP contribution is -2.36. The van der Waals surface area contributed by atoms with Crippen molar-refractivity contribution in [2.45, 2.75) is 32.1 Å². The molecular weight excluding hydrogens is 362 g/mol. The van der Waals surface area contributed by atoms with Gasteiger partial charge in [0.15, 0.2) is 5.01 Å². The molecule has 2 aromatic rings. The Hall–Kier alpha value is -1.86. The van der Waals surface area contributed by atoms with Crippen molar-refractivity contribution in [1.82, 2.24) is 10.3 Å². The Balaban J connectivity index is 1.56. The van der Waals surface area contributed by atoms with Crippen molar-refractivity contribution in [2.75, 3.05) is 44.9 Å². The van der Waals surface area contributed by atoms with Crippen molar-refractivity contribution in [3.8, 4) is 5.75 Å². The molecule has 1 aliphatic carbocycles. The summed E-state index contributed by atoms with van der Waals surface area (Å²) in [7, 11) is 1.64. The monoisotopic (exact) mass is 389 g/mol. The molecule has 1 saturated heterocycles. The lowest BCUT2D eigenvalue weighted by molar-refractivity contribution is 0.0943. The van der Waals surface area contributed by atoms with Crippen molar-refractivity contribution < 1.29 is 14.3 Å². The summed E-state index contributed by atoms with van der Waals surface area (Å²) in [6, 6.07) is 4.00. The number of ether oxygens (including phenoxy) is 2. The fourth-order valence-corrected chi connectivity index (χ4v) is 5.03. The zero-order chi connectivity index (χ0) is 18.6. The molecule has 0 atom stereocenters. The zero-order valence-corrected chi connectivity index (χ0v) is 16.6. The van der Waals surface area contributed by atoms with Crippen LogP contribution in [0.2, 0.25) is 0 Å². The van der Waals surface area contributed by atoms with Gasteiger partial charge in [0.1, 0.15) is 11.3 Å². The third kappa shape index (κ3) is 4.04. The van der Waals surface area contributed by atoms with Crippen LogP contribution in [0.3, 0.4) is 0 Å². The summed E-state index contributed by atoms with van der Waals surface area (Å²) >= 11 is 1.46. The van der Waals surface area contributed by atoms with Crippen LogP contribution >= 0.6 is 11.3 Å². The molecule has 2 heterocycles. The van der Waals surface area contributed by atoms with Gasteiger partial charge in [-0.25, -0.2) is 4.98 Å². The SMILES string of the molecule is COc1ccc(N2CCOCC2)c2sc(C(=O)NCC3CCCCC3)nc12. The first-order valence-electron chi connectivity index (χ1n) is 9.84. The predicted octanol–water partition coefficient (Wildman–Crippen LogP) is 3.45. The Morgan fingerprint density at radius 3 is 2.81 bits per heavy atom. The van der Waals surface area contributed by atoms with E-state index in [1.165, 1.54) is 43.4 Å². The molecule has 0 radical (unpaired) electrons. The highest BCUT2D eigenvalue weighted by molar-refractivity contribution is 7.21. The van der Waals surface area contributed by atoms with Crippen molar-refractivity contribution in [3.63, 3.8) is 0 Å². The molecule has 1 saturated carbocycles. The van der Waals surface area contributed by atoms with Crippen LogP contribution in [0, 0.1) is 5.92 Å². The predicted molar refractivity (Wildman–Crippen MR) is 108 cm³/mol. The number of nitrogens with zero attached hydrogens (tertiary/aromatic N) is 2. The molecular formula is C20H27N3O3S. The van der Waals surface area contributed by atoms with E-state index in [2.05, 4.69) is 21.3 Å². The quantitative estimate of drug-likeness (QED) is 0.849. The van der Waals surface area contributed by atoms with E-state index >= 15 is 0 Å². The maximum Gasteiger partial charge on any atom is 0.280 e. The number of carbonyl (C=O) groups excluding carboxylic acids is 1. The average Bonchev–Trinajstić information content (AvgIpc) is 3.18. The number of thiazole rings is 1. The Kier molecular flexibility index (Phi) is 5.78. The number of rotatable bonds is 5. The zero-order valence-electron chi connectivity index (χ0n) is 15.8. The molecule has 2 aliphatic rings. The molecule has 27 heavy (non-hydrogen) atoms. The highest BCUT2D eigenvalue weighted by Crippen LogP contribution is 2.38. The summed E-state index contributed by atoms with van der Waals surface area (Å²) in [6.07, 6.45) is 6.32. The first-order chi connectivity index (χ1) is 13.3. The van der Waals surface area contributed by atoms with Gasteiger partial charge in [0.05, 0.1) is 30.7 Å². The number of methoxy groups -OCH3 is 1. The molecule has 0 spiro atoms. The molecule has 1 N–H and O–H groups in total. The highest BCUT2D eigenvalue weighted by atomic mass is 32.1. The average molecular weight is 390 g/mol. The van der Waals surface area contributed by atoms with Crippen LogP contribution in [-0.2, 0) is 4.74 Å². The maximum atomic E-state index is 12.7. The number of amides is 1. The van der Waals surface area contributed by atoms with E-state index in [0.717, 1.165) is 48.8 Å². The summed E-state index contributed by atoms with van der Waals surface area (Å²) in [6.45, 7) is 3.90. The lowest BCUT2D eigenvalue weighted by atomic mass is 9.89. The van der Waals surface area contributed by atoms with Gasteiger partial charge in [-0.1, -0.05) is 19.3 Å². The normalized spacial score (nSPS) is 18.6. The third-order valence-electron chi connectivity index (χ3n) is 5.53.